The number of aromatic nitrogens is 2. The molecule has 0 spiro atoms. The Morgan fingerprint density at radius 2 is 1.74 bits per heavy atom. The summed E-state index contributed by atoms with van der Waals surface area (Å²) in [4.78, 5) is 8.82. The van der Waals surface area contributed by atoms with E-state index in [-0.39, 0.29) is 59.6 Å². The maximum absolute atomic E-state index is 8.56. The van der Waals surface area contributed by atoms with Crippen molar-refractivity contribution in [1.29, 1.82) is 0 Å². The Labute approximate surface area is 288 Å². The molecule has 0 bridgehead atoms. The Bertz CT molecular complexity index is 2260. The molecule has 0 aliphatic carbocycles. The molecular weight excluding hydrogens is 765 g/mol. The number of fused-ring (bicyclic) bond motifs is 3. The van der Waals surface area contributed by atoms with Gasteiger partial charge in [0.25, 0.3) is 0 Å². The van der Waals surface area contributed by atoms with E-state index in [1.165, 1.54) is 42.6 Å². The van der Waals surface area contributed by atoms with E-state index >= 15 is 0 Å². The molecule has 6 aromatic rings. The molecule has 6 rings (SSSR count). The fourth-order valence-corrected chi connectivity index (χ4v) is 7.71. The van der Waals surface area contributed by atoms with Crippen LogP contribution >= 0.6 is 0 Å². The molecule has 3 heterocycles. The molecule has 0 aliphatic rings. The van der Waals surface area contributed by atoms with Crippen LogP contribution in [0.2, 0.25) is 17.3 Å². The van der Waals surface area contributed by atoms with Crippen molar-refractivity contribution in [2.75, 3.05) is 0 Å². The molecule has 0 fully saturated rings. The number of aryl methyl sites for hydroxylation is 3. The van der Waals surface area contributed by atoms with E-state index in [0.717, 1.165) is 21.2 Å². The standard InChI is InChI=1S/C20H16NO.C18H24GeN.Ir/c1-12-4-6-16-18(11-12)22-20-15(7-5-14(3)19(16)20)17-10-13(2)8-9-21-17;1-14(2)11-16-12-18(15-9-7-6-8-10-15)20-13-17(16)19(3,4)5;/h4-6,8-11H,1-3H3;6-9,12-14H,11H2,1-5H3;/q2*-1;/i1D3,2D3,3D3;11D2;. The van der Waals surface area contributed by atoms with Crippen molar-refractivity contribution in [1.82, 2.24) is 9.97 Å². The largest absolute Gasteiger partial charge is 0 e. The van der Waals surface area contributed by atoms with Gasteiger partial charge in [0, 0.05) is 44.0 Å². The van der Waals surface area contributed by atoms with Crippen molar-refractivity contribution in [3.63, 3.8) is 0 Å². The van der Waals surface area contributed by atoms with Crippen molar-refractivity contribution in [3.05, 3.63) is 114 Å². The summed E-state index contributed by atoms with van der Waals surface area (Å²) in [5.74, 6) is 6.77. The van der Waals surface area contributed by atoms with E-state index in [4.69, 9.17) is 19.5 Å². The summed E-state index contributed by atoms with van der Waals surface area (Å²) in [7, 11) is 0. The molecule has 3 nitrogen and oxygen atoms in total. The molecular formula is C38H40GeIrN2O-2. The molecule has 0 unspecified atom stereocenters. The first-order valence-electron chi connectivity index (χ1n) is 19.3. The molecule has 3 aromatic carbocycles. The van der Waals surface area contributed by atoms with E-state index in [0.29, 0.717) is 16.3 Å². The fourth-order valence-electron chi connectivity index (χ4n) is 4.76. The van der Waals surface area contributed by atoms with Gasteiger partial charge in [-0.2, -0.15) is 0 Å². The van der Waals surface area contributed by atoms with E-state index in [1.54, 1.807) is 0 Å². The van der Waals surface area contributed by atoms with Gasteiger partial charge in [0.05, 0.1) is 5.58 Å². The van der Waals surface area contributed by atoms with E-state index in [2.05, 4.69) is 39.4 Å². The topological polar surface area (TPSA) is 38.9 Å². The van der Waals surface area contributed by atoms with Crippen LogP contribution in [0.5, 0.6) is 0 Å². The molecule has 0 N–H and O–H groups in total. The summed E-state index contributed by atoms with van der Waals surface area (Å²) < 4.78 is 93.6. The minimum absolute atomic E-state index is 0. The summed E-state index contributed by atoms with van der Waals surface area (Å²) in [6, 6.07) is 24.1. The molecule has 0 aliphatic heterocycles. The predicted molar refractivity (Wildman–Crippen MR) is 180 cm³/mol. The van der Waals surface area contributed by atoms with Crippen LogP contribution in [0, 0.1) is 38.6 Å². The van der Waals surface area contributed by atoms with Gasteiger partial charge < -0.3 is 9.40 Å². The van der Waals surface area contributed by atoms with Gasteiger partial charge >= 0.3 is 128 Å². The zero-order valence-electron chi connectivity index (χ0n) is 35.7. The number of pyridine rings is 2. The van der Waals surface area contributed by atoms with Crippen molar-refractivity contribution in [2.45, 2.75) is 58.0 Å². The van der Waals surface area contributed by atoms with Crippen LogP contribution < -0.4 is 4.40 Å². The minimum atomic E-state index is -2.47. The Kier molecular flexibility index (Phi) is 6.64. The molecule has 0 saturated carbocycles. The monoisotopic (exact) mass is 818 g/mol. The van der Waals surface area contributed by atoms with Crippen LogP contribution in [0.4, 0.5) is 0 Å². The Balaban J connectivity index is 0.000000250. The smallest absolute Gasteiger partial charge is 0 e. The van der Waals surface area contributed by atoms with Gasteiger partial charge in [-0.25, -0.2) is 0 Å². The van der Waals surface area contributed by atoms with Crippen LogP contribution in [0.25, 0.3) is 44.5 Å². The van der Waals surface area contributed by atoms with Crippen LogP contribution in [0.1, 0.15) is 51.2 Å². The quantitative estimate of drug-likeness (QED) is 0.129. The SMILES string of the molecule is [2H]C([2H])([2H])c1ccnc(-c2[c-]cc(C([2H])([2H])[2H])c3c2oc2cc(C([2H])([2H])[2H])ccc23)c1.[2H]C([2H])(c1cc(-c2[c-]cccc2)nc[c]1[Ge]([CH3])([CH3])[CH3])C(C)C.[Ir]. The molecule has 3 aromatic heterocycles. The normalized spacial score (nSPS) is 16.4. The van der Waals surface area contributed by atoms with E-state index < -0.39 is 40.2 Å². The van der Waals surface area contributed by atoms with E-state index in [9.17, 15) is 0 Å². The summed E-state index contributed by atoms with van der Waals surface area (Å²) in [6.45, 7) is -3.30. The first-order valence-corrected chi connectivity index (χ1v) is 21.1. The second-order valence-electron chi connectivity index (χ2n) is 11.5. The Hall–Kier alpha value is -3.05. The number of hydrogen-bond acceptors (Lipinski definition) is 3. The number of nitrogens with zero attached hydrogens (tertiary/aromatic N) is 2. The van der Waals surface area contributed by atoms with Gasteiger partial charge in [0.2, 0.25) is 0 Å². The van der Waals surface area contributed by atoms with Crippen LogP contribution in [-0.4, -0.2) is 23.2 Å². The molecule has 5 heteroatoms. The van der Waals surface area contributed by atoms with Crippen molar-refractivity contribution in [3.8, 4) is 22.5 Å². The van der Waals surface area contributed by atoms with Gasteiger partial charge in [-0.1, -0.05) is 41.6 Å². The first kappa shape index (κ1) is 20.8. The maximum atomic E-state index is 8.56. The molecule has 0 atom stereocenters. The molecule has 43 heavy (non-hydrogen) atoms. The summed E-state index contributed by atoms with van der Waals surface area (Å²) in [5.41, 5.74) is 3.57. The number of rotatable bonds is 5. The maximum Gasteiger partial charge on any atom is 0 e. The van der Waals surface area contributed by atoms with Gasteiger partial charge in [-0.15, -0.1) is 17.7 Å². The Morgan fingerprint density at radius 1 is 0.930 bits per heavy atom. The van der Waals surface area contributed by atoms with Crippen molar-refractivity contribution in [2.24, 2.45) is 5.92 Å². The van der Waals surface area contributed by atoms with Crippen LogP contribution in [0.15, 0.2) is 83.5 Å². The van der Waals surface area contributed by atoms with Crippen LogP contribution in [0.3, 0.4) is 0 Å². The molecule has 0 saturated heterocycles. The van der Waals surface area contributed by atoms with Gasteiger partial charge in [0.15, 0.2) is 0 Å². The van der Waals surface area contributed by atoms with Crippen LogP contribution in [-0.2, 0) is 26.5 Å². The van der Waals surface area contributed by atoms with E-state index in [1.807, 2.05) is 50.4 Å². The average Bonchev–Trinajstić information content (AvgIpc) is 3.45. The van der Waals surface area contributed by atoms with Gasteiger partial charge in [0.1, 0.15) is 5.58 Å². The average molecular weight is 817 g/mol. The summed E-state index contributed by atoms with van der Waals surface area (Å²) in [6.07, 6.45) is 1.91. The summed E-state index contributed by atoms with van der Waals surface area (Å²) in [5, 5.41) is 0.735. The first-order chi connectivity index (χ1) is 24.4. The number of furan rings is 1. The number of benzene rings is 3. The predicted octanol–water partition coefficient (Wildman–Crippen LogP) is 9.66. The zero-order valence-corrected chi connectivity index (χ0v) is 29.2. The Morgan fingerprint density at radius 3 is 2.44 bits per heavy atom. The van der Waals surface area contributed by atoms with Gasteiger partial charge in [-0.05, 0) is 37.1 Å². The summed E-state index contributed by atoms with van der Waals surface area (Å²) >= 11 is -2.20. The van der Waals surface area contributed by atoms with Crippen molar-refractivity contribution >= 4 is 39.6 Å². The second-order valence-corrected chi connectivity index (χ2v) is 22.0. The van der Waals surface area contributed by atoms with Crippen molar-refractivity contribution < 1.29 is 39.6 Å². The molecule has 0 amide bonds. The third-order valence-corrected chi connectivity index (χ3v) is 10.9. The fraction of sp³-hybridized carbons (Fsp3) is 0.263. The molecule has 1 radical (unpaired) electrons. The third-order valence-electron chi connectivity index (χ3n) is 6.70. The second kappa shape index (κ2) is 13.7. The molecule has 223 valence electrons. The van der Waals surface area contributed by atoms with Gasteiger partial charge in [-0.3, -0.25) is 0 Å². The minimum Gasteiger partial charge on any atom is 0 e. The zero-order chi connectivity index (χ0) is 39.3. The number of hydrogen-bond donors (Lipinski definition) is 0. The third kappa shape index (κ3) is 7.55.